The van der Waals surface area contributed by atoms with Crippen molar-refractivity contribution < 1.29 is 4.57 Å². The maximum Gasteiger partial charge on any atom is 0.171 e. The van der Waals surface area contributed by atoms with Gasteiger partial charge in [0.05, 0.1) is 0 Å². The predicted molar refractivity (Wildman–Crippen MR) is 100.0 cm³/mol. The van der Waals surface area contributed by atoms with Crippen molar-refractivity contribution >= 4 is 17.8 Å². The average Bonchev–Trinajstić information content (AvgIpc) is 2.55. The van der Waals surface area contributed by atoms with Gasteiger partial charge in [-0.05, 0) is 31.8 Å². The monoisotopic (exact) mass is 322 g/mol. The van der Waals surface area contributed by atoms with Gasteiger partial charge in [0.15, 0.2) is 7.14 Å². The maximum atomic E-state index is 14.4. The van der Waals surface area contributed by atoms with Crippen molar-refractivity contribution in [1.29, 1.82) is 0 Å². The Hall–Kier alpha value is -1.85. The fraction of sp³-hybridized carbons (Fsp3) is 0.238. The topological polar surface area (TPSA) is 17.1 Å². The second kappa shape index (κ2) is 6.34. The molecule has 1 unspecified atom stereocenters. The molecule has 0 aromatic heterocycles. The van der Waals surface area contributed by atoms with E-state index in [4.69, 9.17) is 0 Å². The van der Waals surface area contributed by atoms with E-state index in [9.17, 15) is 4.57 Å². The third-order valence-corrected chi connectivity index (χ3v) is 7.91. The van der Waals surface area contributed by atoms with E-state index < -0.39 is 7.14 Å². The van der Waals surface area contributed by atoms with E-state index in [1.54, 1.807) is 0 Å². The van der Waals surface area contributed by atoms with E-state index in [-0.39, 0.29) is 0 Å². The van der Waals surface area contributed by atoms with Gasteiger partial charge in [0.2, 0.25) is 0 Å². The first kappa shape index (κ1) is 16.0. The maximum absolute atomic E-state index is 14.4. The molecule has 1 aliphatic carbocycles. The molecule has 2 aromatic rings. The van der Waals surface area contributed by atoms with Crippen LogP contribution in [-0.2, 0) is 4.57 Å². The molecule has 1 atom stereocenters. The number of benzene rings is 2. The molecular weight excluding hydrogens is 299 g/mol. The standard InChI is InChI=1S/C21H23OP/c1-16-14-17(2)21(18(3)15-16)23(22,19-10-6-4-7-11-19)20-12-8-5-9-13-20/h4-14,16H,15H2,1-3H3. The molecule has 0 spiro atoms. The average molecular weight is 322 g/mol. The van der Waals surface area contributed by atoms with Crippen LogP contribution in [0.5, 0.6) is 0 Å². The summed E-state index contributed by atoms with van der Waals surface area (Å²) in [6.45, 7) is 6.47. The Labute approximate surface area is 139 Å². The van der Waals surface area contributed by atoms with E-state index in [0.717, 1.165) is 27.9 Å². The molecule has 0 aliphatic heterocycles. The number of allylic oxidation sites excluding steroid dienone is 4. The van der Waals surface area contributed by atoms with E-state index in [2.05, 4.69) is 26.8 Å². The lowest BCUT2D eigenvalue weighted by molar-refractivity contribution is 0.589. The molecule has 118 valence electrons. The summed E-state index contributed by atoms with van der Waals surface area (Å²) in [6, 6.07) is 19.9. The van der Waals surface area contributed by atoms with E-state index in [0.29, 0.717) is 5.92 Å². The first-order valence-corrected chi connectivity index (χ1v) is 9.84. The molecule has 0 heterocycles. The van der Waals surface area contributed by atoms with Crippen LogP contribution in [0.2, 0.25) is 0 Å². The lowest BCUT2D eigenvalue weighted by Gasteiger charge is -2.29. The molecule has 2 heteroatoms. The summed E-state index contributed by atoms with van der Waals surface area (Å²) in [6.07, 6.45) is 3.25. The van der Waals surface area contributed by atoms with Crippen molar-refractivity contribution in [2.24, 2.45) is 5.92 Å². The largest absolute Gasteiger partial charge is 0.309 e. The Morgan fingerprint density at radius 2 is 1.35 bits per heavy atom. The lowest BCUT2D eigenvalue weighted by Crippen LogP contribution is -2.20. The highest BCUT2D eigenvalue weighted by Gasteiger charge is 2.35. The van der Waals surface area contributed by atoms with Gasteiger partial charge >= 0.3 is 0 Å². The second-order valence-corrected chi connectivity index (χ2v) is 9.14. The molecule has 0 amide bonds. The molecule has 0 bridgehead atoms. The van der Waals surface area contributed by atoms with Gasteiger partial charge in [0.1, 0.15) is 0 Å². The third kappa shape index (κ3) is 2.86. The van der Waals surface area contributed by atoms with Crippen LogP contribution in [0.4, 0.5) is 0 Å². The van der Waals surface area contributed by atoms with Crippen LogP contribution in [0.25, 0.3) is 0 Å². The molecule has 0 saturated carbocycles. The second-order valence-electron chi connectivity index (χ2n) is 6.44. The van der Waals surface area contributed by atoms with Gasteiger partial charge in [-0.2, -0.15) is 0 Å². The van der Waals surface area contributed by atoms with Gasteiger partial charge in [-0.3, -0.25) is 0 Å². The Morgan fingerprint density at radius 3 is 1.78 bits per heavy atom. The molecule has 1 aliphatic rings. The quantitative estimate of drug-likeness (QED) is 0.704. The minimum atomic E-state index is -2.83. The molecule has 0 fully saturated rings. The van der Waals surface area contributed by atoms with Crippen LogP contribution in [-0.4, -0.2) is 0 Å². The van der Waals surface area contributed by atoms with E-state index in [1.165, 1.54) is 5.57 Å². The molecule has 3 rings (SSSR count). The molecule has 23 heavy (non-hydrogen) atoms. The van der Waals surface area contributed by atoms with E-state index >= 15 is 0 Å². The summed E-state index contributed by atoms with van der Waals surface area (Å²) in [4.78, 5) is 0. The number of hydrogen-bond donors (Lipinski definition) is 0. The minimum absolute atomic E-state index is 0.513. The normalized spacial score (nSPS) is 18.7. The number of hydrogen-bond acceptors (Lipinski definition) is 1. The Kier molecular flexibility index (Phi) is 4.41. The van der Waals surface area contributed by atoms with Gasteiger partial charge < -0.3 is 4.57 Å². The fourth-order valence-corrected chi connectivity index (χ4v) is 6.88. The zero-order valence-corrected chi connectivity index (χ0v) is 14.9. The summed E-state index contributed by atoms with van der Waals surface area (Å²) in [7, 11) is -2.83. The van der Waals surface area contributed by atoms with Crippen LogP contribution >= 0.6 is 7.14 Å². The molecule has 0 saturated heterocycles. The minimum Gasteiger partial charge on any atom is -0.309 e. The van der Waals surface area contributed by atoms with Crippen LogP contribution < -0.4 is 10.6 Å². The highest BCUT2D eigenvalue weighted by molar-refractivity contribution is 7.82. The zero-order chi connectivity index (χ0) is 16.4. The van der Waals surface area contributed by atoms with Gasteiger partial charge in [0, 0.05) is 15.9 Å². The third-order valence-electron chi connectivity index (χ3n) is 4.49. The van der Waals surface area contributed by atoms with Crippen LogP contribution in [0.15, 0.2) is 83.2 Å². The molecular formula is C21H23OP. The Morgan fingerprint density at radius 1 is 0.870 bits per heavy atom. The van der Waals surface area contributed by atoms with E-state index in [1.807, 2.05) is 60.7 Å². The smallest absolute Gasteiger partial charge is 0.171 e. The zero-order valence-electron chi connectivity index (χ0n) is 14.0. The molecule has 2 aromatic carbocycles. The highest BCUT2D eigenvalue weighted by atomic mass is 31.2. The van der Waals surface area contributed by atoms with Crippen LogP contribution in [0, 0.1) is 5.92 Å². The highest BCUT2D eigenvalue weighted by Crippen LogP contribution is 2.57. The summed E-state index contributed by atoms with van der Waals surface area (Å²) < 4.78 is 14.4. The SMILES string of the molecule is CC1=CC(C)CC(C)=C1P(=O)(c1ccccc1)c1ccccc1. The van der Waals surface area contributed by atoms with Crippen molar-refractivity contribution in [3.63, 3.8) is 0 Å². The summed E-state index contributed by atoms with van der Waals surface area (Å²) >= 11 is 0. The Balaban J connectivity index is 2.29. The Bertz CT molecular complexity index is 757. The molecule has 1 nitrogen and oxygen atoms in total. The fourth-order valence-electron chi connectivity index (χ4n) is 3.68. The summed E-state index contributed by atoms with van der Waals surface area (Å²) in [5.41, 5.74) is 2.42. The van der Waals surface area contributed by atoms with Gasteiger partial charge in [-0.15, -0.1) is 0 Å². The van der Waals surface area contributed by atoms with Crippen LogP contribution in [0.3, 0.4) is 0 Å². The lowest BCUT2D eigenvalue weighted by atomic mass is 9.93. The van der Waals surface area contributed by atoms with Crippen molar-refractivity contribution in [3.05, 3.63) is 83.2 Å². The number of rotatable bonds is 3. The first-order valence-electron chi connectivity index (χ1n) is 8.14. The predicted octanol–water partition coefficient (Wildman–Crippen LogP) is 5.26. The van der Waals surface area contributed by atoms with Gasteiger partial charge in [-0.25, -0.2) is 0 Å². The van der Waals surface area contributed by atoms with Gasteiger partial charge in [0.25, 0.3) is 0 Å². The molecule has 0 N–H and O–H groups in total. The summed E-state index contributed by atoms with van der Waals surface area (Å²) in [5, 5.41) is 2.89. The van der Waals surface area contributed by atoms with Crippen molar-refractivity contribution in [3.8, 4) is 0 Å². The summed E-state index contributed by atoms with van der Waals surface area (Å²) in [5.74, 6) is 0.513. The van der Waals surface area contributed by atoms with Crippen molar-refractivity contribution in [1.82, 2.24) is 0 Å². The first-order chi connectivity index (χ1) is 11.0. The van der Waals surface area contributed by atoms with Crippen molar-refractivity contribution in [2.45, 2.75) is 27.2 Å². The van der Waals surface area contributed by atoms with Crippen molar-refractivity contribution in [2.75, 3.05) is 0 Å². The molecule has 0 radical (unpaired) electrons. The van der Waals surface area contributed by atoms with Crippen LogP contribution in [0.1, 0.15) is 27.2 Å². The van der Waals surface area contributed by atoms with Gasteiger partial charge in [-0.1, -0.05) is 79.2 Å².